The van der Waals surface area contributed by atoms with E-state index in [-0.39, 0.29) is 23.6 Å². The number of aliphatic hydroxyl groups is 1. The number of benzene rings is 3. The zero-order chi connectivity index (χ0) is 36.1. The molecular weight excluding hydrogens is 661 g/mol. The maximum atomic E-state index is 14.2. The molecule has 51 heavy (non-hydrogen) atoms. The van der Waals surface area contributed by atoms with Gasteiger partial charge in [0.15, 0.2) is 11.5 Å². The summed E-state index contributed by atoms with van der Waals surface area (Å²) in [7, 11) is 0. The lowest BCUT2D eigenvalue weighted by Crippen LogP contribution is -2.78. The molecule has 0 aromatic heterocycles. The minimum Gasteiger partial charge on any atom is -0.483 e. The molecule has 1 amide bonds. The number of carbonyl (C=O) groups excluding carboxylic acids is 2. The fourth-order valence-corrected chi connectivity index (χ4v) is 9.19. The Morgan fingerprint density at radius 3 is 2.61 bits per heavy atom. The van der Waals surface area contributed by atoms with Crippen molar-refractivity contribution in [2.45, 2.75) is 88.4 Å². The SMILES string of the molecule is CC(=O)Oc1ccc2c3c1O[C@H]1[C@H](N(CC(C)C)C(=O)C=Cc4cccc(OC(F)(F)F)c4)CC[C@@]4(O)[C@@H](C2)N(CCc2ccccc2)CC[C@]314. The lowest BCUT2D eigenvalue weighted by Gasteiger charge is -2.65. The summed E-state index contributed by atoms with van der Waals surface area (Å²) in [5.41, 5.74) is 1.51. The van der Waals surface area contributed by atoms with Gasteiger partial charge in [0.25, 0.3) is 0 Å². The van der Waals surface area contributed by atoms with Crippen LogP contribution in [0, 0.1) is 5.92 Å². The summed E-state index contributed by atoms with van der Waals surface area (Å²) in [6, 6.07) is 18.9. The van der Waals surface area contributed by atoms with Crippen molar-refractivity contribution in [3.8, 4) is 17.2 Å². The van der Waals surface area contributed by atoms with E-state index in [0.29, 0.717) is 49.3 Å². The molecule has 2 bridgehead atoms. The van der Waals surface area contributed by atoms with Crippen LogP contribution in [-0.2, 0) is 27.8 Å². The molecule has 4 aliphatic rings. The van der Waals surface area contributed by atoms with Gasteiger partial charge in [-0.15, -0.1) is 13.2 Å². The van der Waals surface area contributed by atoms with Crippen LogP contribution in [0.5, 0.6) is 17.2 Å². The number of piperidine rings is 1. The number of rotatable bonds is 10. The molecule has 11 heteroatoms. The number of alkyl halides is 3. The Labute approximate surface area is 295 Å². The van der Waals surface area contributed by atoms with E-state index in [9.17, 15) is 27.9 Å². The first-order chi connectivity index (χ1) is 24.3. The monoisotopic (exact) mass is 704 g/mol. The summed E-state index contributed by atoms with van der Waals surface area (Å²) >= 11 is 0. The number of esters is 1. The fourth-order valence-electron chi connectivity index (χ4n) is 9.19. The van der Waals surface area contributed by atoms with Crippen molar-refractivity contribution in [1.82, 2.24) is 9.80 Å². The van der Waals surface area contributed by atoms with E-state index in [0.717, 1.165) is 30.6 Å². The van der Waals surface area contributed by atoms with Gasteiger partial charge in [0.05, 0.1) is 17.1 Å². The maximum Gasteiger partial charge on any atom is 0.573 e. The molecule has 1 saturated carbocycles. The van der Waals surface area contributed by atoms with Crippen LogP contribution in [0.1, 0.15) is 62.3 Å². The summed E-state index contributed by atoms with van der Waals surface area (Å²) in [5, 5.41) is 13.1. The fraction of sp³-hybridized carbons (Fsp3) is 0.450. The van der Waals surface area contributed by atoms with Crippen LogP contribution in [0.15, 0.2) is 72.8 Å². The van der Waals surface area contributed by atoms with Gasteiger partial charge in [-0.3, -0.25) is 14.5 Å². The van der Waals surface area contributed by atoms with E-state index in [1.165, 1.54) is 42.8 Å². The molecule has 2 aliphatic carbocycles. The molecule has 7 rings (SSSR count). The lowest BCUT2D eigenvalue weighted by molar-refractivity contribution is -0.274. The highest BCUT2D eigenvalue weighted by Gasteiger charge is 2.73. The van der Waals surface area contributed by atoms with Crippen LogP contribution in [0.3, 0.4) is 0 Å². The molecule has 0 unspecified atom stereocenters. The van der Waals surface area contributed by atoms with E-state index in [4.69, 9.17) is 9.47 Å². The molecule has 2 fully saturated rings. The third-order valence-electron chi connectivity index (χ3n) is 11.1. The van der Waals surface area contributed by atoms with Crippen molar-refractivity contribution in [3.63, 3.8) is 0 Å². The third-order valence-corrected chi connectivity index (χ3v) is 11.1. The van der Waals surface area contributed by atoms with Gasteiger partial charge in [-0.05, 0) is 85.5 Å². The van der Waals surface area contributed by atoms with Crippen molar-refractivity contribution < 1.29 is 42.1 Å². The highest BCUT2D eigenvalue weighted by atomic mass is 19.4. The molecule has 2 aliphatic heterocycles. The second-order valence-corrected chi connectivity index (χ2v) is 14.6. The van der Waals surface area contributed by atoms with Gasteiger partial charge in [-0.25, -0.2) is 0 Å². The van der Waals surface area contributed by atoms with Crippen LogP contribution < -0.4 is 14.2 Å². The molecule has 3 aromatic rings. The molecule has 0 radical (unpaired) electrons. The van der Waals surface area contributed by atoms with Crippen LogP contribution in [-0.4, -0.2) is 76.6 Å². The van der Waals surface area contributed by atoms with Gasteiger partial charge in [0.1, 0.15) is 11.9 Å². The van der Waals surface area contributed by atoms with Crippen molar-refractivity contribution in [2.24, 2.45) is 5.92 Å². The largest absolute Gasteiger partial charge is 0.573 e. The summed E-state index contributed by atoms with van der Waals surface area (Å²) in [6.45, 7) is 7.27. The zero-order valence-electron chi connectivity index (χ0n) is 29.0. The van der Waals surface area contributed by atoms with Gasteiger partial charge in [0.2, 0.25) is 5.91 Å². The van der Waals surface area contributed by atoms with Crippen LogP contribution in [0.4, 0.5) is 13.2 Å². The number of halogens is 3. The Morgan fingerprint density at radius 1 is 1.10 bits per heavy atom. The Morgan fingerprint density at radius 2 is 1.88 bits per heavy atom. The number of ether oxygens (including phenoxy) is 3. The van der Waals surface area contributed by atoms with Crippen molar-refractivity contribution in [3.05, 3.63) is 95.1 Å². The predicted octanol–water partition coefficient (Wildman–Crippen LogP) is 6.47. The molecule has 1 spiro atoms. The van der Waals surface area contributed by atoms with E-state index in [1.807, 2.05) is 38.1 Å². The van der Waals surface area contributed by atoms with E-state index in [2.05, 4.69) is 21.8 Å². The van der Waals surface area contributed by atoms with Crippen molar-refractivity contribution in [2.75, 3.05) is 19.6 Å². The number of hydrogen-bond donors (Lipinski definition) is 1. The average Bonchev–Trinajstić information content (AvgIpc) is 3.42. The second kappa shape index (κ2) is 13.3. The summed E-state index contributed by atoms with van der Waals surface area (Å²) in [5.74, 6) is -0.323. The van der Waals surface area contributed by atoms with Gasteiger partial charge >= 0.3 is 12.3 Å². The Hall–Kier alpha value is -4.35. The third kappa shape index (κ3) is 6.39. The van der Waals surface area contributed by atoms with Crippen molar-refractivity contribution in [1.29, 1.82) is 0 Å². The van der Waals surface area contributed by atoms with E-state index < -0.39 is 35.5 Å². The van der Waals surface area contributed by atoms with Crippen LogP contribution >= 0.6 is 0 Å². The van der Waals surface area contributed by atoms with E-state index in [1.54, 1.807) is 17.0 Å². The first-order valence-corrected chi connectivity index (χ1v) is 17.7. The highest BCUT2D eigenvalue weighted by molar-refractivity contribution is 5.92. The summed E-state index contributed by atoms with van der Waals surface area (Å²) in [6.07, 6.45) is 0.360. The first-order valence-electron chi connectivity index (χ1n) is 17.7. The molecule has 3 aromatic carbocycles. The normalized spacial score (nSPS) is 26.5. The Balaban J connectivity index is 1.24. The highest BCUT2D eigenvalue weighted by Crippen LogP contribution is 2.66. The number of nitrogens with zero attached hydrogens (tertiary/aromatic N) is 2. The number of likely N-dealkylation sites (tertiary alicyclic amines) is 1. The van der Waals surface area contributed by atoms with Crippen molar-refractivity contribution >= 4 is 18.0 Å². The predicted molar refractivity (Wildman–Crippen MR) is 184 cm³/mol. The topological polar surface area (TPSA) is 88.5 Å². The number of hydrogen-bond acceptors (Lipinski definition) is 7. The summed E-state index contributed by atoms with van der Waals surface area (Å²) < 4.78 is 55.2. The Kier molecular flexibility index (Phi) is 9.16. The minimum atomic E-state index is -4.83. The average molecular weight is 705 g/mol. The molecule has 1 N–H and O–H groups in total. The van der Waals surface area contributed by atoms with E-state index >= 15 is 0 Å². The molecule has 270 valence electrons. The maximum absolute atomic E-state index is 14.2. The minimum absolute atomic E-state index is 0.0825. The molecule has 5 atom stereocenters. The molecule has 1 saturated heterocycles. The smallest absolute Gasteiger partial charge is 0.483 e. The molecule has 2 heterocycles. The van der Waals surface area contributed by atoms with Gasteiger partial charge < -0.3 is 24.2 Å². The molecule has 8 nitrogen and oxygen atoms in total. The second-order valence-electron chi connectivity index (χ2n) is 14.6. The van der Waals surface area contributed by atoms with Crippen LogP contribution in [0.2, 0.25) is 0 Å². The van der Waals surface area contributed by atoms with Crippen LogP contribution in [0.25, 0.3) is 6.08 Å². The first kappa shape index (κ1) is 35.1. The van der Waals surface area contributed by atoms with Gasteiger partial charge in [0, 0.05) is 37.7 Å². The summed E-state index contributed by atoms with van der Waals surface area (Å²) in [4.78, 5) is 30.6. The standard InChI is InChI=1S/C40H43F3N2O6/c1-25(2)24-45(34(47)15-12-28-10-7-11-30(22-28)51-40(41,42)43)31-16-18-39(48)33-23-29-13-14-32(49-26(3)46)36-35(29)38(39,37(31)50-36)19-21-44(33)20-17-27-8-5-4-6-9-27/h4-15,22,25,31,33,37,48H,16-21,23-24H2,1-3H3/t31-,33-,37+,38+,39-/m1/s1. The lowest BCUT2D eigenvalue weighted by atomic mass is 9.48. The Bertz CT molecular complexity index is 1830. The molecular formula is C40H43F3N2O6. The number of amides is 1. The number of carbonyl (C=O) groups is 2. The van der Waals surface area contributed by atoms with Gasteiger partial charge in [-0.1, -0.05) is 62.4 Å². The quantitative estimate of drug-likeness (QED) is 0.147. The zero-order valence-corrected chi connectivity index (χ0v) is 29.0. The van der Waals surface area contributed by atoms with Gasteiger partial charge in [-0.2, -0.15) is 0 Å².